The van der Waals surface area contributed by atoms with Crippen LogP contribution in [0.25, 0.3) is 0 Å². The summed E-state index contributed by atoms with van der Waals surface area (Å²) in [4.78, 5) is 14.1. The van der Waals surface area contributed by atoms with Crippen LogP contribution in [0, 0.1) is 5.41 Å². The number of thiophene rings is 1. The lowest BCUT2D eigenvalue weighted by Gasteiger charge is -2.26. The molecule has 2 N–H and O–H groups in total. The molecule has 0 spiro atoms. The molecule has 0 aromatic carbocycles. The zero-order valence-electron chi connectivity index (χ0n) is 12.4. The van der Waals surface area contributed by atoms with E-state index in [0.717, 1.165) is 12.8 Å². The van der Waals surface area contributed by atoms with Crippen LogP contribution in [0.5, 0.6) is 0 Å². The number of ether oxygens (including phenoxy) is 1. The molecule has 0 aliphatic carbocycles. The molecule has 3 nitrogen and oxygen atoms in total. The molecule has 0 aliphatic rings. The van der Waals surface area contributed by atoms with E-state index in [2.05, 4.69) is 32.9 Å². The summed E-state index contributed by atoms with van der Waals surface area (Å²) in [6.07, 6.45) is 2.25. The van der Waals surface area contributed by atoms with Crippen LogP contribution in [-0.4, -0.2) is 12.6 Å². The number of esters is 1. The van der Waals surface area contributed by atoms with Gasteiger partial charge in [-0.1, -0.05) is 20.8 Å². The Labute approximate surface area is 120 Å². The number of hydrogen-bond donors (Lipinski definition) is 1. The first-order valence-corrected chi connectivity index (χ1v) is 7.69. The van der Waals surface area contributed by atoms with Gasteiger partial charge >= 0.3 is 5.97 Å². The molecule has 0 saturated carbocycles. The van der Waals surface area contributed by atoms with Gasteiger partial charge in [0.1, 0.15) is 0 Å². The molecule has 1 aromatic heterocycles. The maximum atomic E-state index is 11.6. The Morgan fingerprint density at radius 2 is 2.11 bits per heavy atom. The number of rotatable bonds is 7. The first-order valence-electron chi connectivity index (χ1n) is 6.87. The Morgan fingerprint density at radius 3 is 2.63 bits per heavy atom. The molecular weight excluding hydrogens is 258 g/mol. The number of carbonyl (C=O) groups excluding carboxylic acids is 1. The van der Waals surface area contributed by atoms with Crippen molar-refractivity contribution in [1.29, 1.82) is 0 Å². The van der Waals surface area contributed by atoms with E-state index in [0.29, 0.717) is 13.0 Å². The maximum Gasteiger partial charge on any atom is 0.306 e. The van der Waals surface area contributed by atoms with Crippen molar-refractivity contribution in [3.8, 4) is 0 Å². The summed E-state index contributed by atoms with van der Waals surface area (Å²) in [7, 11) is 0. The average molecular weight is 283 g/mol. The minimum Gasteiger partial charge on any atom is -0.466 e. The van der Waals surface area contributed by atoms with Crippen molar-refractivity contribution in [3.63, 3.8) is 0 Å². The Kier molecular flexibility index (Phi) is 6.01. The van der Waals surface area contributed by atoms with Crippen molar-refractivity contribution in [2.24, 2.45) is 11.1 Å². The van der Waals surface area contributed by atoms with Crippen LogP contribution in [0.1, 0.15) is 56.3 Å². The second-order valence-corrected chi connectivity index (χ2v) is 6.81. The fourth-order valence-corrected chi connectivity index (χ4v) is 3.11. The third kappa shape index (κ3) is 5.33. The van der Waals surface area contributed by atoms with Gasteiger partial charge in [-0.2, -0.15) is 0 Å². The lowest BCUT2D eigenvalue weighted by molar-refractivity contribution is -0.145. The van der Waals surface area contributed by atoms with Crippen LogP contribution < -0.4 is 5.73 Å². The smallest absolute Gasteiger partial charge is 0.306 e. The van der Waals surface area contributed by atoms with E-state index in [1.807, 2.05) is 6.92 Å². The minimum absolute atomic E-state index is 0.00488. The molecule has 0 aliphatic heterocycles. The van der Waals surface area contributed by atoms with Crippen molar-refractivity contribution in [3.05, 3.63) is 21.9 Å². The van der Waals surface area contributed by atoms with E-state index in [4.69, 9.17) is 10.5 Å². The van der Waals surface area contributed by atoms with Gasteiger partial charge in [-0.15, -0.1) is 11.3 Å². The molecule has 0 saturated heterocycles. The Bertz CT molecular complexity index is 412. The van der Waals surface area contributed by atoms with Crippen LogP contribution in [0.4, 0.5) is 0 Å². The average Bonchev–Trinajstić information content (AvgIpc) is 2.76. The Hall–Kier alpha value is -0.870. The molecule has 1 rings (SSSR count). The number of hydrogen-bond acceptors (Lipinski definition) is 4. The Balaban J connectivity index is 2.58. The van der Waals surface area contributed by atoms with Crippen molar-refractivity contribution >= 4 is 17.3 Å². The van der Waals surface area contributed by atoms with E-state index in [1.165, 1.54) is 9.75 Å². The third-order valence-corrected chi connectivity index (χ3v) is 4.46. The summed E-state index contributed by atoms with van der Waals surface area (Å²) >= 11 is 1.77. The van der Waals surface area contributed by atoms with Crippen LogP contribution in [0.3, 0.4) is 0 Å². The highest BCUT2D eigenvalue weighted by Gasteiger charge is 2.26. The highest BCUT2D eigenvalue weighted by molar-refractivity contribution is 7.12. The molecule has 108 valence electrons. The van der Waals surface area contributed by atoms with Gasteiger partial charge in [0.15, 0.2) is 0 Å². The van der Waals surface area contributed by atoms with Crippen molar-refractivity contribution < 1.29 is 9.53 Å². The highest BCUT2D eigenvalue weighted by Crippen LogP contribution is 2.34. The molecule has 19 heavy (non-hydrogen) atoms. The number of aryl methyl sites for hydroxylation is 1. The third-order valence-electron chi connectivity index (χ3n) is 3.10. The van der Waals surface area contributed by atoms with Gasteiger partial charge in [0.2, 0.25) is 0 Å². The second kappa shape index (κ2) is 7.06. The van der Waals surface area contributed by atoms with Gasteiger partial charge in [0.05, 0.1) is 13.0 Å². The van der Waals surface area contributed by atoms with E-state index in [9.17, 15) is 4.79 Å². The van der Waals surface area contributed by atoms with E-state index in [-0.39, 0.29) is 17.4 Å². The van der Waals surface area contributed by atoms with E-state index in [1.54, 1.807) is 11.3 Å². The summed E-state index contributed by atoms with van der Waals surface area (Å²) in [6.45, 7) is 8.54. The quantitative estimate of drug-likeness (QED) is 0.777. The summed E-state index contributed by atoms with van der Waals surface area (Å²) in [5.41, 5.74) is 6.12. The zero-order valence-corrected chi connectivity index (χ0v) is 13.2. The fraction of sp³-hybridized carbons (Fsp3) is 0.667. The van der Waals surface area contributed by atoms with Crippen LogP contribution in [0.2, 0.25) is 0 Å². The second-order valence-electron chi connectivity index (χ2n) is 5.61. The van der Waals surface area contributed by atoms with Gasteiger partial charge in [0.25, 0.3) is 0 Å². The molecule has 0 fully saturated rings. The molecule has 0 amide bonds. The molecule has 1 heterocycles. The molecule has 4 heteroatoms. The van der Waals surface area contributed by atoms with Crippen molar-refractivity contribution in [1.82, 2.24) is 0 Å². The van der Waals surface area contributed by atoms with Gasteiger partial charge in [-0.3, -0.25) is 4.79 Å². The SMILES string of the molecule is CCOC(=O)CC(C)(C)CC(N)c1ccc(CC)s1. The molecule has 1 aromatic rings. The summed E-state index contributed by atoms with van der Waals surface area (Å²) in [5.74, 6) is -0.139. The van der Waals surface area contributed by atoms with E-state index < -0.39 is 0 Å². The van der Waals surface area contributed by atoms with Crippen LogP contribution in [-0.2, 0) is 16.0 Å². The predicted octanol–water partition coefficient (Wildman–Crippen LogP) is 3.68. The maximum absolute atomic E-state index is 11.6. The summed E-state index contributed by atoms with van der Waals surface area (Å²) in [5, 5.41) is 0. The van der Waals surface area contributed by atoms with Gasteiger partial charge in [-0.05, 0) is 37.3 Å². The first-order chi connectivity index (χ1) is 8.88. The number of nitrogens with two attached hydrogens (primary N) is 1. The topological polar surface area (TPSA) is 52.3 Å². The Morgan fingerprint density at radius 1 is 1.42 bits per heavy atom. The molecule has 1 atom stereocenters. The van der Waals surface area contributed by atoms with Crippen molar-refractivity contribution in [2.45, 2.75) is 53.0 Å². The summed E-state index contributed by atoms with van der Waals surface area (Å²) in [6, 6.07) is 4.24. The summed E-state index contributed by atoms with van der Waals surface area (Å²) < 4.78 is 5.01. The number of carbonyl (C=O) groups is 1. The monoisotopic (exact) mass is 283 g/mol. The highest BCUT2D eigenvalue weighted by atomic mass is 32.1. The lowest BCUT2D eigenvalue weighted by Crippen LogP contribution is -2.24. The van der Waals surface area contributed by atoms with Gasteiger partial charge in [0, 0.05) is 15.8 Å². The van der Waals surface area contributed by atoms with Gasteiger partial charge in [-0.25, -0.2) is 0 Å². The molecule has 0 bridgehead atoms. The largest absolute Gasteiger partial charge is 0.466 e. The van der Waals surface area contributed by atoms with Gasteiger partial charge < -0.3 is 10.5 Å². The molecule has 0 radical (unpaired) electrons. The lowest BCUT2D eigenvalue weighted by atomic mass is 9.82. The molecular formula is C15H25NO2S. The van der Waals surface area contributed by atoms with Crippen LogP contribution in [0.15, 0.2) is 12.1 Å². The van der Waals surface area contributed by atoms with E-state index >= 15 is 0 Å². The van der Waals surface area contributed by atoms with Crippen LogP contribution >= 0.6 is 11.3 Å². The minimum atomic E-state index is -0.139. The first kappa shape index (κ1) is 16.2. The molecule has 1 unspecified atom stereocenters. The normalized spacial score (nSPS) is 13.3. The standard InChI is InChI=1S/C15H25NO2S/c1-5-11-7-8-13(19-11)12(16)9-15(3,4)10-14(17)18-6-2/h7-8,12H,5-6,9-10,16H2,1-4H3. The van der Waals surface area contributed by atoms with Crippen molar-refractivity contribution in [2.75, 3.05) is 6.61 Å². The predicted molar refractivity (Wildman–Crippen MR) is 80.3 cm³/mol. The fourth-order valence-electron chi connectivity index (χ4n) is 2.15. The zero-order chi connectivity index (χ0) is 14.5.